The molecule has 126 valence electrons. The normalized spacial score (nSPS) is 23.2. The van der Waals surface area contributed by atoms with Gasteiger partial charge < -0.3 is 5.32 Å². The van der Waals surface area contributed by atoms with E-state index in [0.29, 0.717) is 32.5 Å². The van der Waals surface area contributed by atoms with Crippen LogP contribution in [0.15, 0.2) is 0 Å². The van der Waals surface area contributed by atoms with Crippen LogP contribution in [0.1, 0.15) is 39.0 Å². The third-order valence-electron chi connectivity index (χ3n) is 3.73. The van der Waals surface area contributed by atoms with E-state index in [-0.39, 0.29) is 5.92 Å². The van der Waals surface area contributed by atoms with Crippen LogP contribution in [-0.2, 0) is 10.0 Å². The number of nitrogens with one attached hydrogen (secondary N) is 1. The van der Waals surface area contributed by atoms with Gasteiger partial charge in [-0.15, -0.1) is 0 Å². The zero-order valence-electron chi connectivity index (χ0n) is 12.6. The van der Waals surface area contributed by atoms with Gasteiger partial charge in [-0.25, -0.2) is 12.7 Å². The molecule has 1 saturated heterocycles. The lowest BCUT2D eigenvalue weighted by Gasteiger charge is -2.33. The summed E-state index contributed by atoms with van der Waals surface area (Å²) in [5.41, 5.74) is 0. The number of rotatable bonds is 7. The minimum Gasteiger partial charge on any atom is -0.314 e. The van der Waals surface area contributed by atoms with E-state index >= 15 is 0 Å². The third-order valence-corrected chi connectivity index (χ3v) is 5.00. The molecule has 1 aliphatic rings. The van der Waals surface area contributed by atoms with Gasteiger partial charge in [-0.2, -0.15) is 13.2 Å². The molecule has 1 N–H and O–H groups in total. The van der Waals surface area contributed by atoms with Gasteiger partial charge in [-0.05, 0) is 38.1 Å². The maximum Gasteiger partial charge on any atom is 0.390 e. The lowest BCUT2D eigenvalue weighted by atomic mass is 9.91. The van der Waals surface area contributed by atoms with Gasteiger partial charge >= 0.3 is 6.18 Å². The van der Waals surface area contributed by atoms with Gasteiger partial charge in [0.15, 0.2) is 0 Å². The topological polar surface area (TPSA) is 49.4 Å². The summed E-state index contributed by atoms with van der Waals surface area (Å²) in [5.74, 6) is -0.00909. The summed E-state index contributed by atoms with van der Waals surface area (Å²) in [7, 11) is -3.26. The second-order valence-corrected chi connectivity index (χ2v) is 7.82. The van der Waals surface area contributed by atoms with Crippen molar-refractivity contribution in [3.63, 3.8) is 0 Å². The minimum absolute atomic E-state index is 0.00909. The molecular weight excluding hydrogens is 305 g/mol. The van der Waals surface area contributed by atoms with Gasteiger partial charge in [-0.3, -0.25) is 0 Å². The average molecular weight is 330 g/mol. The van der Waals surface area contributed by atoms with Crippen LogP contribution in [0, 0.1) is 5.92 Å². The molecule has 4 nitrogen and oxygen atoms in total. The fraction of sp³-hybridized carbons (Fsp3) is 1.00. The maximum atomic E-state index is 12.6. The van der Waals surface area contributed by atoms with E-state index in [1.807, 2.05) is 6.92 Å². The quantitative estimate of drug-likeness (QED) is 0.780. The first kappa shape index (κ1) is 18.7. The van der Waals surface area contributed by atoms with Crippen molar-refractivity contribution < 1.29 is 21.6 Å². The Balaban J connectivity index is 2.60. The fourth-order valence-electron chi connectivity index (χ4n) is 2.79. The van der Waals surface area contributed by atoms with Gasteiger partial charge in [-0.1, -0.05) is 6.92 Å². The zero-order valence-corrected chi connectivity index (χ0v) is 13.4. The van der Waals surface area contributed by atoms with Gasteiger partial charge in [0.1, 0.15) is 0 Å². The number of halogens is 3. The van der Waals surface area contributed by atoms with E-state index in [1.165, 1.54) is 4.31 Å². The predicted octanol–water partition coefficient (Wildman–Crippen LogP) is 2.37. The molecule has 0 radical (unpaired) electrons. The predicted molar refractivity (Wildman–Crippen MR) is 76.5 cm³/mol. The van der Waals surface area contributed by atoms with Gasteiger partial charge in [0.25, 0.3) is 0 Å². The summed E-state index contributed by atoms with van der Waals surface area (Å²) >= 11 is 0. The summed E-state index contributed by atoms with van der Waals surface area (Å²) in [6.07, 6.45) is -1.27. The molecule has 0 amide bonds. The van der Waals surface area contributed by atoms with Gasteiger partial charge in [0.2, 0.25) is 10.0 Å². The maximum absolute atomic E-state index is 12.6. The SMILES string of the molecule is CCCNC(CC1CCCN(S(C)(=O)=O)C1)CC(F)(F)F. The Kier molecular flexibility index (Phi) is 6.93. The minimum atomic E-state index is -4.20. The second-order valence-electron chi connectivity index (χ2n) is 5.84. The molecule has 0 spiro atoms. The van der Waals surface area contributed by atoms with E-state index in [2.05, 4.69) is 5.32 Å². The highest BCUT2D eigenvalue weighted by atomic mass is 32.2. The van der Waals surface area contributed by atoms with E-state index in [0.717, 1.165) is 19.1 Å². The number of nitrogens with zero attached hydrogens (tertiary/aromatic N) is 1. The molecule has 1 rings (SSSR count). The molecule has 2 unspecified atom stereocenters. The van der Waals surface area contributed by atoms with Crippen LogP contribution in [0.25, 0.3) is 0 Å². The van der Waals surface area contributed by atoms with Gasteiger partial charge in [0, 0.05) is 19.1 Å². The number of piperidine rings is 1. The summed E-state index contributed by atoms with van der Waals surface area (Å²) in [4.78, 5) is 0. The number of hydrogen-bond donors (Lipinski definition) is 1. The highest BCUT2D eigenvalue weighted by Crippen LogP contribution is 2.28. The molecule has 2 atom stereocenters. The summed E-state index contributed by atoms with van der Waals surface area (Å²) in [6, 6.07) is -0.630. The Morgan fingerprint density at radius 2 is 2.05 bits per heavy atom. The van der Waals surface area contributed by atoms with Crippen molar-refractivity contribution >= 4 is 10.0 Å². The van der Waals surface area contributed by atoms with Crippen molar-refractivity contribution in [2.75, 3.05) is 25.9 Å². The molecule has 0 bridgehead atoms. The Morgan fingerprint density at radius 1 is 1.38 bits per heavy atom. The summed E-state index contributed by atoms with van der Waals surface area (Å²) < 4.78 is 62.3. The Labute approximate surface area is 125 Å². The van der Waals surface area contributed by atoms with Crippen LogP contribution < -0.4 is 5.32 Å². The van der Waals surface area contributed by atoms with E-state index in [9.17, 15) is 21.6 Å². The van der Waals surface area contributed by atoms with Crippen molar-refractivity contribution in [2.24, 2.45) is 5.92 Å². The van der Waals surface area contributed by atoms with Crippen LogP contribution in [0.3, 0.4) is 0 Å². The number of sulfonamides is 1. The molecule has 1 fully saturated rings. The van der Waals surface area contributed by atoms with E-state index < -0.39 is 28.7 Å². The molecular formula is C13H25F3N2O2S. The monoisotopic (exact) mass is 330 g/mol. The molecule has 0 aromatic heterocycles. The molecule has 0 aromatic rings. The van der Waals surface area contributed by atoms with Crippen molar-refractivity contribution in [1.82, 2.24) is 9.62 Å². The zero-order chi connectivity index (χ0) is 16.1. The van der Waals surface area contributed by atoms with Crippen LogP contribution in [-0.4, -0.2) is 50.8 Å². The first-order valence-corrected chi connectivity index (χ1v) is 9.22. The first-order valence-electron chi connectivity index (χ1n) is 7.37. The molecule has 21 heavy (non-hydrogen) atoms. The van der Waals surface area contributed by atoms with Crippen molar-refractivity contribution in [2.45, 2.75) is 51.2 Å². The summed E-state index contributed by atoms with van der Waals surface area (Å²) in [6.45, 7) is 3.26. The highest BCUT2D eigenvalue weighted by molar-refractivity contribution is 7.88. The fourth-order valence-corrected chi connectivity index (χ4v) is 3.73. The Morgan fingerprint density at radius 3 is 2.57 bits per heavy atom. The summed E-state index contributed by atoms with van der Waals surface area (Å²) in [5, 5.41) is 2.94. The van der Waals surface area contributed by atoms with Crippen LogP contribution in [0.5, 0.6) is 0 Å². The molecule has 8 heteroatoms. The highest BCUT2D eigenvalue weighted by Gasteiger charge is 2.34. The molecule has 1 heterocycles. The van der Waals surface area contributed by atoms with Crippen molar-refractivity contribution in [3.05, 3.63) is 0 Å². The largest absolute Gasteiger partial charge is 0.390 e. The number of hydrogen-bond acceptors (Lipinski definition) is 3. The molecule has 1 aliphatic heterocycles. The first-order chi connectivity index (χ1) is 9.62. The Hall–Kier alpha value is -0.340. The second kappa shape index (κ2) is 7.78. The van der Waals surface area contributed by atoms with Crippen molar-refractivity contribution in [3.8, 4) is 0 Å². The smallest absolute Gasteiger partial charge is 0.314 e. The Bertz CT molecular complexity index is 412. The third kappa shape index (κ3) is 7.46. The number of alkyl halides is 3. The van der Waals surface area contributed by atoms with E-state index in [1.54, 1.807) is 0 Å². The van der Waals surface area contributed by atoms with Crippen LogP contribution in [0.2, 0.25) is 0 Å². The van der Waals surface area contributed by atoms with Crippen LogP contribution in [0.4, 0.5) is 13.2 Å². The van der Waals surface area contributed by atoms with E-state index in [4.69, 9.17) is 0 Å². The standard InChI is InChI=1S/C13H25F3N2O2S/c1-3-6-17-12(9-13(14,15)16)8-11-5-4-7-18(10-11)21(2,19)20/h11-12,17H,3-10H2,1-2H3. The molecule has 0 aliphatic carbocycles. The molecule has 0 saturated carbocycles. The van der Waals surface area contributed by atoms with Crippen molar-refractivity contribution in [1.29, 1.82) is 0 Å². The lowest BCUT2D eigenvalue weighted by Crippen LogP contribution is -2.43. The molecule has 0 aromatic carbocycles. The average Bonchev–Trinajstić information content (AvgIpc) is 2.33. The van der Waals surface area contributed by atoms with Crippen LogP contribution >= 0.6 is 0 Å². The van der Waals surface area contributed by atoms with Gasteiger partial charge in [0.05, 0.1) is 12.7 Å². The lowest BCUT2D eigenvalue weighted by molar-refractivity contribution is -0.141.